The molecule has 1 atom stereocenters. The third-order valence-corrected chi connectivity index (χ3v) is 3.90. The highest BCUT2D eigenvalue weighted by Crippen LogP contribution is 2.33. The molecule has 7 heteroatoms. The van der Waals surface area contributed by atoms with Crippen LogP contribution in [0, 0.1) is 10.1 Å². The van der Waals surface area contributed by atoms with Gasteiger partial charge in [0.2, 0.25) is 0 Å². The largest absolute Gasteiger partial charge is 0.486 e. The van der Waals surface area contributed by atoms with Gasteiger partial charge in [0.05, 0.1) is 22.2 Å². The summed E-state index contributed by atoms with van der Waals surface area (Å²) in [7, 11) is 1.86. The van der Waals surface area contributed by atoms with Crippen LogP contribution in [0.25, 0.3) is 0 Å². The highest BCUT2D eigenvalue weighted by molar-refractivity contribution is 6.33. The maximum absolute atomic E-state index is 10.8. The van der Waals surface area contributed by atoms with Gasteiger partial charge in [-0.3, -0.25) is 10.1 Å². The lowest BCUT2D eigenvalue weighted by Gasteiger charge is -2.30. The fourth-order valence-corrected chi connectivity index (χ4v) is 2.79. The zero-order valence-electron chi connectivity index (χ0n) is 12.4. The van der Waals surface area contributed by atoms with Crippen LogP contribution in [-0.4, -0.2) is 31.2 Å². The quantitative estimate of drug-likeness (QED) is 0.632. The number of nitro groups is 1. The van der Waals surface area contributed by atoms with E-state index in [-0.39, 0.29) is 11.8 Å². The summed E-state index contributed by atoms with van der Waals surface area (Å²) < 4.78 is 11.6. The van der Waals surface area contributed by atoms with Crippen molar-refractivity contribution in [3.63, 3.8) is 0 Å². The molecular weight excluding hydrogens is 320 g/mol. The third kappa shape index (κ3) is 3.32. The monoisotopic (exact) mass is 334 g/mol. The smallest absolute Gasteiger partial charge is 0.271 e. The molecule has 0 aliphatic carbocycles. The Morgan fingerprint density at radius 1 is 1.30 bits per heavy atom. The summed E-state index contributed by atoms with van der Waals surface area (Å²) >= 11 is 6.15. The fraction of sp³-hybridized carbons (Fsp3) is 0.250. The van der Waals surface area contributed by atoms with Gasteiger partial charge in [-0.25, -0.2) is 0 Å². The van der Waals surface area contributed by atoms with E-state index in [1.54, 1.807) is 6.07 Å². The SMILES string of the molecule is CN(C[C@H]1COc2ccccc2O1)c1ccc([N+](=O)[O-])cc1Cl. The number of nitro benzene ring substituents is 1. The molecule has 0 unspecified atom stereocenters. The lowest BCUT2D eigenvalue weighted by atomic mass is 10.2. The van der Waals surface area contributed by atoms with Gasteiger partial charge in [0.15, 0.2) is 17.6 Å². The van der Waals surface area contributed by atoms with Crippen molar-refractivity contribution < 1.29 is 14.4 Å². The van der Waals surface area contributed by atoms with Crippen LogP contribution in [0.3, 0.4) is 0 Å². The normalized spacial score (nSPS) is 16.0. The Labute approximate surface area is 138 Å². The van der Waals surface area contributed by atoms with Crippen molar-refractivity contribution in [2.24, 2.45) is 0 Å². The highest BCUT2D eigenvalue weighted by atomic mass is 35.5. The molecule has 0 aromatic heterocycles. The Balaban J connectivity index is 1.70. The molecule has 0 bridgehead atoms. The zero-order chi connectivity index (χ0) is 16.4. The first-order chi connectivity index (χ1) is 11.0. The van der Waals surface area contributed by atoms with E-state index in [1.807, 2.05) is 36.2 Å². The molecule has 1 heterocycles. The second kappa shape index (κ2) is 6.34. The van der Waals surface area contributed by atoms with Crippen molar-refractivity contribution >= 4 is 23.0 Å². The second-order valence-corrected chi connectivity index (χ2v) is 5.68. The topological polar surface area (TPSA) is 64.8 Å². The fourth-order valence-electron chi connectivity index (χ4n) is 2.48. The lowest BCUT2D eigenvalue weighted by molar-refractivity contribution is -0.384. The predicted octanol–water partition coefficient (Wildman–Crippen LogP) is 3.52. The van der Waals surface area contributed by atoms with Gasteiger partial charge in [0.25, 0.3) is 5.69 Å². The van der Waals surface area contributed by atoms with Gasteiger partial charge < -0.3 is 14.4 Å². The van der Waals surface area contributed by atoms with E-state index in [0.717, 1.165) is 5.75 Å². The Hall–Kier alpha value is -2.47. The van der Waals surface area contributed by atoms with Crippen LogP contribution in [0.15, 0.2) is 42.5 Å². The molecule has 6 nitrogen and oxygen atoms in total. The lowest BCUT2D eigenvalue weighted by Crippen LogP contribution is -2.39. The van der Waals surface area contributed by atoms with Crippen LogP contribution in [0.1, 0.15) is 0 Å². The van der Waals surface area contributed by atoms with Crippen LogP contribution in [-0.2, 0) is 0 Å². The van der Waals surface area contributed by atoms with Crippen molar-refractivity contribution in [1.29, 1.82) is 0 Å². The minimum absolute atomic E-state index is 0.0293. The molecule has 1 aliphatic rings. The molecule has 0 saturated heterocycles. The maximum Gasteiger partial charge on any atom is 0.271 e. The number of fused-ring (bicyclic) bond motifs is 1. The molecule has 2 aromatic rings. The summed E-state index contributed by atoms with van der Waals surface area (Å²) in [6, 6.07) is 11.9. The number of nitrogens with zero attached hydrogens (tertiary/aromatic N) is 2. The van der Waals surface area contributed by atoms with Gasteiger partial charge in [0, 0.05) is 19.2 Å². The number of hydrogen-bond acceptors (Lipinski definition) is 5. The van der Waals surface area contributed by atoms with Crippen LogP contribution < -0.4 is 14.4 Å². The van der Waals surface area contributed by atoms with Gasteiger partial charge in [-0.15, -0.1) is 0 Å². The molecule has 3 rings (SSSR count). The van der Waals surface area contributed by atoms with Crippen LogP contribution in [0.2, 0.25) is 5.02 Å². The van der Waals surface area contributed by atoms with Crippen LogP contribution >= 0.6 is 11.6 Å². The van der Waals surface area contributed by atoms with E-state index >= 15 is 0 Å². The molecule has 2 aromatic carbocycles. The number of halogens is 1. The minimum Gasteiger partial charge on any atom is -0.486 e. The molecule has 0 radical (unpaired) electrons. The first kappa shape index (κ1) is 15.4. The number of para-hydroxylation sites is 2. The summed E-state index contributed by atoms with van der Waals surface area (Å²) in [5.41, 5.74) is 0.679. The third-order valence-electron chi connectivity index (χ3n) is 3.60. The molecule has 0 N–H and O–H groups in total. The molecule has 0 fully saturated rings. The van der Waals surface area contributed by atoms with E-state index in [9.17, 15) is 10.1 Å². The van der Waals surface area contributed by atoms with E-state index in [1.165, 1.54) is 12.1 Å². The van der Waals surface area contributed by atoms with Crippen molar-refractivity contribution in [2.45, 2.75) is 6.10 Å². The number of non-ortho nitro benzene ring substituents is 1. The average molecular weight is 335 g/mol. The van der Waals surface area contributed by atoms with Crippen molar-refractivity contribution in [3.05, 3.63) is 57.6 Å². The standard InChI is InChI=1S/C16H15ClN2O4/c1-18(14-7-6-11(19(20)21)8-13(14)17)9-12-10-22-15-4-2-3-5-16(15)23-12/h2-8,12H,9-10H2,1H3/t12-/m0/s1. The summed E-state index contributed by atoms with van der Waals surface area (Å²) in [6.45, 7) is 0.984. The Kier molecular flexibility index (Phi) is 4.25. The summed E-state index contributed by atoms with van der Waals surface area (Å²) in [6.07, 6.45) is -0.152. The van der Waals surface area contributed by atoms with Crippen molar-refractivity contribution in [3.8, 4) is 11.5 Å². The average Bonchev–Trinajstić information content (AvgIpc) is 2.54. The molecule has 23 heavy (non-hydrogen) atoms. The number of rotatable bonds is 4. The van der Waals surface area contributed by atoms with Crippen LogP contribution in [0.4, 0.5) is 11.4 Å². The van der Waals surface area contributed by atoms with E-state index in [2.05, 4.69) is 0 Å². The predicted molar refractivity (Wildman–Crippen MR) is 87.7 cm³/mol. The number of hydrogen-bond donors (Lipinski definition) is 0. The molecular formula is C16H15ClN2O4. The summed E-state index contributed by atoms with van der Waals surface area (Å²) in [5, 5.41) is 11.1. The van der Waals surface area contributed by atoms with Gasteiger partial charge in [-0.05, 0) is 18.2 Å². The van der Waals surface area contributed by atoms with Crippen molar-refractivity contribution in [1.82, 2.24) is 0 Å². The molecule has 0 spiro atoms. The molecule has 1 aliphatic heterocycles. The van der Waals surface area contributed by atoms with Crippen molar-refractivity contribution in [2.75, 3.05) is 25.1 Å². The molecule has 0 saturated carbocycles. The number of anilines is 1. The van der Waals surface area contributed by atoms with E-state index in [4.69, 9.17) is 21.1 Å². The Bertz CT molecular complexity index is 738. The minimum atomic E-state index is -0.468. The highest BCUT2D eigenvalue weighted by Gasteiger charge is 2.23. The van der Waals surface area contributed by atoms with Crippen LogP contribution in [0.5, 0.6) is 11.5 Å². The molecule has 120 valence electrons. The first-order valence-electron chi connectivity index (χ1n) is 7.08. The molecule has 0 amide bonds. The summed E-state index contributed by atoms with van der Waals surface area (Å²) in [4.78, 5) is 12.2. The van der Waals surface area contributed by atoms with Gasteiger partial charge in [-0.1, -0.05) is 23.7 Å². The van der Waals surface area contributed by atoms with E-state index in [0.29, 0.717) is 29.6 Å². The number of likely N-dealkylation sites (N-methyl/N-ethyl adjacent to an activating group) is 1. The van der Waals surface area contributed by atoms with Gasteiger partial charge >= 0.3 is 0 Å². The maximum atomic E-state index is 10.8. The Morgan fingerprint density at radius 3 is 2.74 bits per heavy atom. The van der Waals surface area contributed by atoms with Gasteiger partial charge in [0.1, 0.15) is 6.61 Å². The Morgan fingerprint density at radius 2 is 2.04 bits per heavy atom. The first-order valence-corrected chi connectivity index (χ1v) is 7.46. The number of benzene rings is 2. The zero-order valence-corrected chi connectivity index (χ0v) is 13.2. The van der Waals surface area contributed by atoms with E-state index < -0.39 is 4.92 Å². The number of ether oxygens (including phenoxy) is 2. The van der Waals surface area contributed by atoms with Gasteiger partial charge in [-0.2, -0.15) is 0 Å². The second-order valence-electron chi connectivity index (χ2n) is 5.27. The summed E-state index contributed by atoms with van der Waals surface area (Å²) in [5.74, 6) is 1.45.